The lowest BCUT2D eigenvalue weighted by molar-refractivity contribution is 0.436. The average Bonchev–Trinajstić information content (AvgIpc) is 3.76. The smallest absolute Gasteiger partial charge is 0.132 e. The maximum absolute atomic E-state index is 6.67. The first-order valence-electron chi connectivity index (χ1n) is 18.4. The van der Waals surface area contributed by atoms with E-state index in [1.54, 1.807) is 0 Å². The van der Waals surface area contributed by atoms with Gasteiger partial charge in [-0.15, -0.1) is 0 Å². The lowest BCUT2D eigenvalue weighted by Crippen LogP contribution is -2.32. The van der Waals surface area contributed by atoms with Gasteiger partial charge >= 0.3 is 0 Å². The number of hydrogen-bond donors (Lipinski definition) is 1. The van der Waals surface area contributed by atoms with E-state index in [2.05, 4.69) is 192 Å². The predicted molar refractivity (Wildman–Crippen MR) is 215 cm³/mol. The number of hydrogen-bond acceptors (Lipinski definition) is 3. The maximum Gasteiger partial charge on any atom is 0.132 e. The van der Waals surface area contributed by atoms with Crippen LogP contribution < -0.4 is 15.0 Å². The molecule has 0 saturated carbocycles. The standard InChI is InChI=1S/C50H32N2O/c1-2-14-39-35(11-1)38-27-25-34(30-46(38)52-45-19-9-8-18-44(45)51-49(39)52)32-23-21-31(22-24-32)33-26-28-48-43(29-33)50(42-17-7-10-20-47(42)53-48)40-15-5-3-12-36(40)37-13-4-6-16-41(37)50/h1-30,49,51H. The normalized spacial score (nSPS) is 15.8. The van der Waals surface area contributed by atoms with Gasteiger partial charge in [-0.1, -0.05) is 146 Å². The van der Waals surface area contributed by atoms with Crippen molar-refractivity contribution in [2.24, 2.45) is 0 Å². The number of nitrogens with zero attached hydrogens (tertiary/aromatic N) is 1. The summed E-state index contributed by atoms with van der Waals surface area (Å²) in [6.45, 7) is 0. The third-order valence-electron chi connectivity index (χ3n) is 11.9. The van der Waals surface area contributed by atoms with Gasteiger partial charge < -0.3 is 15.0 Å². The van der Waals surface area contributed by atoms with E-state index in [0.29, 0.717) is 0 Å². The highest BCUT2D eigenvalue weighted by Gasteiger charge is 2.51. The van der Waals surface area contributed by atoms with E-state index in [0.717, 1.165) is 11.5 Å². The molecule has 53 heavy (non-hydrogen) atoms. The fourth-order valence-corrected chi connectivity index (χ4v) is 9.65. The minimum atomic E-state index is -0.476. The summed E-state index contributed by atoms with van der Waals surface area (Å²) in [5.74, 6) is 1.82. The first-order valence-corrected chi connectivity index (χ1v) is 18.4. The Balaban J connectivity index is 0.974. The fourth-order valence-electron chi connectivity index (χ4n) is 9.65. The van der Waals surface area contributed by atoms with Crippen molar-refractivity contribution in [1.29, 1.82) is 0 Å². The van der Waals surface area contributed by atoms with E-state index in [-0.39, 0.29) is 6.17 Å². The van der Waals surface area contributed by atoms with Crippen molar-refractivity contribution in [2.45, 2.75) is 11.6 Å². The molecule has 0 radical (unpaired) electrons. The third-order valence-corrected chi connectivity index (χ3v) is 11.9. The van der Waals surface area contributed by atoms with Crippen LogP contribution in [0.5, 0.6) is 11.5 Å². The van der Waals surface area contributed by atoms with Gasteiger partial charge in [-0.25, -0.2) is 0 Å². The zero-order valence-corrected chi connectivity index (χ0v) is 28.8. The van der Waals surface area contributed by atoms with Gasteiger partial charge in [0.05, 0.1) is 22.5 Å². The highest BCUT2D eigenvalue weighted by Crippen LogP contribution is 2.62. The number of fused-ring (bicyclic) bond motifs is 17. The first-order chi connectivity index (χ1) is 26.3. The molecule has 3 heterocycles. The predicted octanol–water partition coefficient (Wildman–Crippen LogP) is 12.7. The molecule has 1 N–H and O–H groups in total. The molecular weight excluding hydrogens is 645 g/mol. The van der Waals surface area contributed by atoms with Gasteiger partial charge in [-0.3, -0.25) is 0 Å². The van der Waals surface area contributed by atoms with E-state index >= 15 is 0 Å². The van der Waals surface area contributed by atoms with Crippen LogP contribution >= 0.6 is 0 Å². The van der Waals surface area contributed by atoms with Crippen molar-refractivity contribution in [3.63, 3.8) is 0 Å². The van der Waals surface area contributed by atoms with E-state index in [1.807, 2.05) is 0 Å². The molecule has 3 aliphatic heterocycles. The van der Waals surface area contributed by atoms with Crippen LogP contribution in [0, 0.1) is 0 Å². The summed E-state index contributed by atoms with van der Waals surface area (Å²) in [6, 6.07) is 66.5. The van der Waals surface area contributed by atoms with Crippen LogP contribution in [0.2, 0.25) is 0 Å². The van der Waals surface area contributed by atoms with Crippen LogP contribution in [0.4, 0.5) is 17.1 Å². The van der Waals surface area contributed by atoms with Gasteiger partial charge in [0, 0.05) is 22.3 Å². The van der Waals surface area contributed by atoms with Gasteiger partial charge in [0.1, 0.15) is 17.7 Å². The highest BCUT2D eigenvalue weighted by molar-refractivity contribution is 5.96. The summed E-state index contributed by atoms with van der Waals surface area (Å²) >= 11 is 0. The largest absolute Gasteiger partial charge is 0.457 e. The Morgan fingerprint density at radius 2 is 0.981 bits per heavy atom. The molecule has 0 bridgehead atoms. The van der Waals surface area contributed by atoms with Gasteiger partial charge in [0.2, 0.25) is 0 Å². The molecule has 4 aliphatic rings. The molecule has 3 heteroatoms. The molecular formula is C50H32N2O. The Hall–Kier alpha value is -6.84. The van der Waals surface area contributed by atoms with Crippen molar-refractivity contribution in [1.82, 2.24) is 0 Å². The topological polar surface area (TPSA) is 24.5 Å². The molecule has 8 aromatic carbocycles. The lowest BCUT2D eigenvalue weighted by Gasteiger charge is -2.39. The Morgan fingerprint density at radius 3 is 1.75 bits per heavy atom. The molecule has 1 atom stereocenters. The summed E-state index contributed by atoms with van der Waals surface area (Å²) in [4.78, 5) is 2.47. The van der Waals surface area contributed by atoms with Crippen molar-refractivity contribution < 1.29 is 4.74 Å². The van der Waals surface area contributed by atoms with Crippen molar-refractivity contribution in [3.8, 4) is 56.0 Å². The summed E-state index contributed by atoms with van der Waals surface area (Å²) in [7, 11) is 0. The zero-order chi connectivity index (χ0) is 34.7. The minimum absolute atomic E-state index is 0.0655. The Kier molecular flexibility index (Phi) is 5.76. The molecule has 12 rings (SSSR count). The SMILES string of the molecule is c1ccc2c(c1)NC1c3ccccc3-c3ccc(-c4ccc(-c5ccc6c(c5)C5(c7ccccc7O6)c6ccccc6-c6ccccc65)cc4)cc3N21. The summed E-state index contributed by atoms with van der Waals surface area (Å²) < 4.78 is 6.67. The van der Waals surface area contributed by atoms with Crippen molar-refractivity contribution in [2.75, 3.05) is 10.2 Å². The maximum atomic E-state index is 6.67. The van der Waals surface area contributed by atoms with Crippen LogP contribution in [0.1, 0.15) is 34.0 Å². The van der Waals surface area contributed by atoms with Gasteiger partial charge in [0.15, 0.2) is 0 Å². The van der Waals surface area contributed by atoms with Crippen molar-refractivity contribution in [3.05, 3.63) is 210 Å². The fraction of sp³-hybridized carbons (Fsp3) is 0.0400. The first kappa shape index (κ1) is 28.8. The molecule has 3 nitrogen and oxygen atoms in total. The second-order valence-electron chi connectivity index (χ2n) is 14.5. The second kappa shape index (κ2) is 10.6. The van der Waals surface area contributed by atoms with Crippen LogP contribution in [0.3, 0.4) is 0 Å². The molecule has 1 aliphatic carbocycles. The number of para-hydroxylation sites is 3. The van der Waals surface area contributed by atoms with Gasteiger partial charge in [-0.05, 0) is 86.5 Å². The van der Waals surface area contributed by atoms with Crippen LogP contribution in [-0.2, 0) is 5.41 Å². The number of nitrogens with one attached hydrogen (secondary N) is 1. The Morgan fingerprint density at radius 1 is 0.415 bits per heavy atom. The molecule has 8 aromatic rings. The van der Waals surface area contributed by atoms with Crippen LogP contribution in [0.15, 0.2) is 182 Å². The summed E-state index contributed by atoms with van der Waals surface area (Å²) in [6.07, 6.45) is 0.0655. The van der Waals surface area contributed by atoms with E-state index in [9.17, 15) is 0 Å². The monoisotopic (exact) mass is 676 g/mol. The highest BCUT2D eigenvalue weighted by atomic mass is 16.5. The number of anilines is 3. The molecule has 1 unspecified atom stereocenters. The average molecular weight is 677 g/mol. The number of ether oxygens (including phenoxy) is 1. The zero-order valence-electron chi connectivity index (χ0n) is 28.8. The van der Waals surface area contributed by atoms with Crippen LogP contribution in [-0.4, -0.2) is 0 Å². The number of rotatable bonds is 2. The lowest BCUT2D eigenvalue weighted by atomic mass is 9.66. The molecule has 248 valence electrons. The number of benzene rings is 8. The quantitative estimate of drug-likeness (QED) is 0.197. The van der Waals surface area contributed by atoms with Crippen molar-refractivity contribution >= 4 is 17.1 Å². The summed E-state index contributed by atoms with van der Waals surface area (Å²) in [5, 5.41) is 3.79. The van der Waals surface area contributed by atoms with Gasteiger partial charge in [-0.2, -0.15) is 0 Å². The van der Waals surface area contributed by atoms with Gasteiger partial charge in [0.25, 0.3) is 0 Å². The third kappa shape index (κ3) is 3.83. The van der Waals surface area contributed by atoms with E-state index in [4.69, 9.17) is 4.74 Å². The van der Waals surface area contributed by atoms with E-state index in [1.165, 1.54) is 89.4 Å². The molecule has 1 spiro atoms. The van der Waals surface area contributed by atoms with E-state index < -0.39 is 5.41 Å². The molecule has 0 fully saturated rings. The Labute approximate surface area is 308 Å². The molecule has 0 aromatic heterocycles. The second-order valence-corrected chi connectivity index (χ2v) is 14.5. The van der Waals surface area contributed by atoms with Crippen LogP contribution in [0.25, 0.3) is 44.5 Å². The molecule has 0 saturated heterocycles. The molecule has 0 amide bonds. The minimum Gasteiger partial charge on any atom is -0.457 e. The Bertz CT molecular complexity index is 2770. The summed E-state index contributed by atoms with van der Waals surface area (Å²) in [5.41, 5.74) is 19.3.